The smallest absolute Gasteiger partial charge is 0.239 e. The molecule has 5 aromatic heterocycles. The number of ether oxygens (including phenoxy) is 1. The van der Waals surface area contributed by atoms with Crippen LogP contribution < -0.4 is 25.6 Å². The number of nitrogens with one attached hydrogen (secondary N) is 3. The molecule has 0 unspecified atom stereocenters. The highest BCUT2D eigenvalue weighted by molar-refractivity contribution is 7.71. The Balaban J connectivity index is 1.31. The summed E-state index contributed by atoms with van der Waals surface area (Å²) in [4.78, 5) is 31.3. The van der Waals surface area contributed by atoms with Crippen molar-refractivity contribution in [2.75, 3.05) is 69.2 Å². The third-order valence-electron chi connectivity index (χ3n) is 8.05. The minimum absolute atomic E-state index is 0.320. The first-order chi connectivity index (χ1) is 22.2. The molecule has 6 aromatic rings. The van der Waals surface area contributed by atoms with Crippen LogP contribution in [-0.2, 0) is 11.6 Å². The number of H-pyrrole nitrogens is 1. The molecule has 1 saturated heterocycles. The zero-order chi connectivity index (χ0) is 32.0. The molecular formula is C31H35N12O2P. The second-order valence-corrected chi connectivity index (χ2v) is 14.9. The molecule has 14 nitrogen and oxygen atoms in total. The molecule has 1 aliphatic heterocycles. The number of aromatic nitrogens is 8. The van der Waals surface area contributed by atoms with E-state index in [0.717, 1.165) is 48.5 Å². The molecule has 0 radical (unpaired) electrons. The molecule has 0 saturated carbocycles. The Labute approximate surface area is 265 Å². The molecule has 0 spiro atoms. The lowest BCUT2D eigenvalue weighted by atomic mass is 10.1. The molecule has 1 aromatic carbocycles. The van der Waals surface area contributed by atoms with Gasteiger partial charge in [0, 0.05) is 69.1 Å². The standard InChI is InChI=1S/C31H35N12O2P/c1-41-12-14-43(15-13-41)29-21(19-17-35-42(2)18-19)16-24(30(40-29)45-3)37-31-38-27-20(8-9-34-27)28(39-31)36-23-7-6-22-25(33-11-10-32-22)26(23)46(4,5)44/h6-11,16-18H,12-15H2,1-5H3,(H3,34,36,37,38,39). The molecule has 236 valence electrons. The molecule has 0 atom stereocenters. The van der Waals surface area contributed by atoms with E-state index in [1.165, 1.54) is 0 Å². The van der Waals surface area contributed by atoms with Crippen molar-refractivity contribution in [3.8, 4) is 17.0 Å². The number of hydrogen-bond donors (Lipinski definition) is 3. The summed E-state index contributed by atoms with van der Waals surface area (Å²) in [5, 5.41) is 12.6. The molecule has 0 amide bonds. The fourth-order valence-corrected chi connectivity index (χ4v) is 7.17. The van der Waals surface area contributed by atoms with Crippen molar-refractivity contribution in [1.29, 1.82) is 0 Å². The highest BCUT2D eigenvalue weighted by atomic mass is 31.2. The lowest BCUT2D eigenvalue weighted by Crippen LogP contribution is -2.45. The van der Waals surface area contributed by atoms with E-state index in [2.05, 4.69) is 47.5 Å². The first-order valence-electron chi connectivity index (χ1n) is 14.9. The third kappa shape index (κ3) is 5.61. The molecule has 3 N–H and O–H groups in total. The zero-order valence-electron chi connectivity index (χ0n) is 26.3. The fourth-order valence-electron chi connectivity index (χ4n) is 5.77. The average molecular weight is 639 g/mol. The predicted octanol–water partition coefficient (Wildman–Crippen LogP) is 4.19. The number of nitrogens with zero attached hydrogens (tertiary/aromatic N) is 9. The number of anilines is 5. The van der Waals surface area contributed by atoms with Gasteiger partial charge in [-0.25, -0.2) is 0 Å². The van der Waals surface area contributed by atoms with E-state index in [1.54, 1.807) is 43.7 Å². The first-order valence-corrected chi connectivity index (χ1v) is 17.5. The number of benzene rings is 1. The van der Waals surface area contributed by atoms with Crippen molar-refractivity contribution in [3.63, 3.8) is 0 Å². The normalized spacial score (nSPS) is 14.2. The van der Waals surface area contributed by atoms with Crippen LogP contribution >= 0.6 is 7.14 Å². The fraction of sp³-hybridized carbons (Fsp3) is 0.290. The van der Waals surface area contributed by atoms with Crippen LogP contribution in [0.25, 0.3) is 33.2 Å². The number of rotatable bonds is 8. The van der Waals surface area contributed by atoms with Crippen LogP contribution in [0, 0.1) is 0 Å². The molecule has 0 bridgehead atoms. The zero-order valence-corrected chi connectivity index (χ0v) is 27.2. The van der Waals surface area contributed by atoms with E-state index < -0.39 is 7.14 Å². The average Bonchev–Trinajstić information content (AvgIpc) is 3.70. The van der Waals surface area contributed by atoms with E-state index >= 15 is 0 Å². The maximum absolute atomic E-state index is 13.6. The van der Waals surface area contributed by atoms with Crippen molar-refractivity contribution in [2.45, 2.75) is 0 Å². The summed E-state index contributed by atoms with van der Waals surface area (Å²) in [6.07, 6.45) is 8.85. The second kappa shape index (κ2) is 11.7. The van der Waals surface area contributed by atoms with Gasteiger partial charge >= 0.3 is 0 Å². The van der Waals surface area contributed by atoms with Crippen LogP contribution in [0.2, 0.25) is 0 Å². The maximum atomic E-state index is 13.6. The number of pyridine rings is 1. The minimum atomic E-state index is -2.78. The van der Waals surface area contributed by atoms with Crippen LogP contribution in [0.1, 0.15) is 0 Å². The molecular weight excluding hydrogens is 603 g/mol. The molecule has 6 heterocycles. The second-order valence-electron chi connectivity index (χ2n) is 11.7. The summed E-state index contributed by atoms with van der Waals surface area (Å²) in [6.45, 7) is 7.02. The Morgan fingerprint density at radius 2 is 1.76 bits per heavy atom. The number of aromatic amines is 1. The Morgan fingerprint density at radius 3 is 2.50 bits per heavy atom. The van der Waals surface area contributed by atoms with Gasteiger partial charge in [-0.05, 0) is 44.6 Å². The SMILES string of the molecule is COc1nc(N2CCN(C)CC2)c(-c2cnn(C)c2)cc1Nc1nc(Nc2ccc3nccnc3c2P(C)(C)=O)c2cc[nH]c2n1. The van der Waals surface area contributed by atoms with Crippen LogP contribution in [0.3, 0.4) is 0 Å². The number of piperazine rings is 1. The van der Waals surface area contributed by atoms with Gasteiger partial charge in [0.1, 0.15) is 35.6 Å². The highest BCUT2D eigenvalue weighted by Crippen LogP contribution is 2.42. The van der Waals surface area contributed by atoms with E-state index in [4.69, 9.17) is 19.7 Å². The molecule has 46 heavy (non-hydrogen) atoms. The summed E-state index contributed by atoms with van der Waals surface area (Å²) >= 11 is 0. The number of methoxy groups -OCH3 is 1. The first kappa shape index (κ1) is 29.6. The van der Waals surface area contributed by atoms with Crippen LogP contribution in [0.4, 0.5) is 29.0 Å². The Hall–Kier alpha value is -5.07. The van der Waals surface area contributed by atoms with Gasteiger partial charge in [0.05, 0.1) is 35.2 Å². The van der Waals surface area contributed by atoms with E-state index in [0.29, 0.717) is 51.0 Å². The lowest BCUT2D eigenvalue weighted by Gasteiger charge is -2.34. The number of hydrogen-bond acceptors (Lipinski definition) is 12. The molecule has 7 rings (SSSR count). The van der Waals surface area contributed by atoms with Crippen LogP contribution in [0.15, 0.2) is 55.2 Å². The van der Waals surface area contributed by atoms with E-state index in [1.807, 2.05) is 43.7 Å². The highest BCUT2D eigenvalue weighted by Gasteiger charge is 2.25. The Kier molecular flexibility index (Phi) is 7.53. The predicted molar refractivity (Wildman–Crippen MR) is 182 cm³/mol. The van der Waals surface area contributed by atoms with Crippen LogP contribution in [0.5, 0.6) is 5.88 Å². The molecule has 15 heteroatoms. The van der Waals surface area contributed by atoms with Crippen molar-refractivity contribution >= 4 is 63.5 Å². The molecule has 1 fully saturated rings. The summed E-state index contributed by atoms with van der Waals surface area (Å²) in [5.74, 6) is 2.10. The van der Waals surface area contributed by atoms with Gasteiger partial charge in [-0.2, -0.15) is 20.1 Å². The Bertz CT molecular complexity index is 2110. The topological polar surface area (TPSA) is 155 Å². The lowest BCUT2D eigenvalue weighted by molar-refractivity contribution is 0.311. The summed E-state index contributed by atoms with van der Waals surface area (Å²) in [7, 11) is 2.84. The summed E-state index contributed by atoms with van der Waals surface area (Å²) in [5.41, 5.74) is 4.99. The number of aryl methyl sites for hydroxylation is 1. The van der Waals surface area contributed by atoms with Crippen LogP contribution in [-0.4, -0.2) is 98.3 Å². The van der Waals surface area contributed by atoms with Gasteiger partial charge in [0.15, 0.2) is 0 Å². The van der Waals surface area contributed by atoms with Crippen molar-refractivity contribution in [3.05, 3.63) is 55.2 Å². The molecule has 1 aliphatic rings. The van der Waals surface area contributed by atoms with E-state index in [-0.39, 0.29) is 0 Å². The van der Waals surface area contributed by atoms with Gasteiger partial charge in [-0.1, -0.05) is 0 Å². The van der Waals surface area contributed by atoms with E-state index in [9.17, 15) is 4.57 Å². The summed E-state index contributed by atoms with van der Waals surface area (Å²) in [6, 6.07) is 7.63. The minimum Gasteiger partial charge on any atom is -0.479 e. The van der Waals surface area contributed by atoms with Gasteiger partial charge in [-0.3, -0.25) is 14.6 Å². The Morgan fingerprint density at radius 1 is 0.957 bits per heavy atom. The summed E-state index contributed by atoms with van der Waals surface area (Å²) < 4.78 is 21.1. The van der Waals surface area contributed by atoms with Gasteiger partial charge in [0.2, 0.25) is 11.8 Å². The van der Waals surface area contributed by atoms with Gasteiger partial charge in [-0.15, -0.1) is 0 Å². The monoisotopic (exact) mass is 638 g/mol. The van der Waals surface area contributed by atoms with Crippen molar-refractivity contribution in [1.82, 2.24) is 44.6 Å². The number of fused-ring (bicyclic) bond motifs is 2. The third-order valence-corrected chi connectivity index (χ3v) is 9.58. The van der Waals surface area contributed by atoms with Gasteiger partial charge in [0.25, 0.3) is 0 Å². The quantitative estimate of drug-likeness (QED) is 0.205. The van der Waals surface area contributed by atoms with Gasteiger partial charge < -0.3 is 34.7 Å². The largest absolute Gasteiger partial charge is 0.479 e. The van der Waals surface area contributed by atoms with Crippen molar-refractivity contribution in [2.24, 2.45) is 7.05 Å². The van der Waals surface area contributed by atoms with Crippen molar-refractivity contribution < 1.29 is 9.30 Å². The molecule has 0 aliphatic carbocycles. The number of likely N-dealkylation sites (N-methyl/N-ethyl adjacent to an activating group) is 1. The maximum Gasteiger partial charge on any atom is 0.239 e.